The fourth-order valence-electron chi connectivity index (χ4n) is 1.72. The molecule has 0 atom stereocenters. The third kappa shape index (κ3) is 1.94. The molecule has 0 amide bonds. The van der Waals surface area contributed by atoms with Crippen LogP contribution in [0, 0.1) is 0 Å². The summed E-state index contributed by atoms with van der Waals surface area (Å²) in [5, 5.41) is 4.28. The van der Waals surface area contributed by atoms with Crippen LogP contribution in [0.2, 0.25) is 0 Å². The fourth-order valence-corrected chi connectivity index (χ4v) is 1.72. The highest BCUT2D eigenvalue weighted by Gasteiger charge is 2.18. The number of hydrogen-bond donors (Lipinski definition) is 0. The van der Waals surface area contributed by atoms with Crippen LogP contribution in [-0.2, 0) is 5.41 Å². The van der Waals surface area contributed by atoms with Crippen molar-refractivity contribution in [2.75, 3.05) is 0 Å². The Bertz CT molecular complexity index is 436. The second-order valence-electron chi connectivity index (χ2n) is 4.72. The van der Waals surface area contributed by atoms with Crippen molar-refractivity contribution >= 4 is 0 Å². The molecule has 0 saturated heterocycles. The number of para-hydroxylation sites is 1. The number of aromatic nitrogens is 2. The molecule has 0 saturated carbocycles. The molecule has 1 heterocycles. The van der Waals surface area contributed by atoms with E-state index in [1.54, 1.807) is 6.20 Å². The minimum Gasteiger partial charge on any atom is -0.241 e. The molecule has 15 heavy (non-hydrogen) atoms. The van der Waals surface area contributed by atoms with Crippen molar-refractivity contribution in [1.82, 2.24) is 9.78 Å². The van der Waals surface area contributed by atoms with Crippen LogP contribution in [0.4, 0.5) is 0 Å². The van der Waals surface area contributed by atoms with Crippen LogP contribution in [0.1, 0.15) is 26.3 Å². The quantitative estimate of drug-likeness (QED) is 0.691. The Labute approximate surface area is 90.6 Å². The first-order valence-electron chi connectivity index (χ1n) is 5.18. The summed E-state index contributed by atoms with van der Waals surface area (Å²) in [6.07, 6.45) is 3.78. The van der Waals surface area contributed by atoms with E-state index in [1.165, 1.54) is 5.56 Å². The number of benzene rings is 1. The zero-order valence-electron chi connectivity index (χ0n) is 9.44. The third-order valence-electron chi connectivity index (χ3n) is 2.46. The van der Waals surface area contributed by atoms with Gasteiger partial charge < -0.3 is 0 Å². The highest BCUT2D eigenvalue weighted by molar-refractivity contribution is 5.44. The Morgan fingerprint density at radius 3 is 2.40 bits per heavy atom. The maximum absolute atomic E-state index is 4.28. The molecule has 0 aliphatic rings. The maximum Gasteiger partial charge on any atom is 0.0682 e. The Morgan fingerprint density at radius 2 is 1.80 bits per heavy atom. The molecular formula is C13H16N2. The molecule has 0 spiro atoms. The highest BCUT2D eigenvalue weighted by Crippen LogP contribution is 2.27. The van der Waals surface area contributed by atoms with Gasteiger partial charge in [0.15, 0.2) is 0 Å². The molecule has 0 fully saturated rings. The summed E-state index contributed by atoms with van der Waals surface area (Å²) in [7, 11) is 0. The molecule has 78 valence electrons. The van der Waals surface area contributed by atoms with Crippen LogP contribution in [-0.4, -0.2) is 9.78 Å². The van der Waals surface area contributed by atoms with Crippen molar-refractivity contribution in [2.45, 2.75) is 26.2 Å². The lowest BCUT2D eigenvalue weighted by atomic mass is 9.86. The van der Waals surface area contributed by atoms with Crippen LogP contribution in [0.25, 0.3) is 5.69 Å². The van der Waals surface area contributed by atoms with E-state index in [2.05, 4.69) is 44.1 Å². The second-order valence-corrected chi connectivity index (χ2v) is 4.72. The fraction of sp³-hybridized carbons (Fsp3) is 0.308. The lowest BCUT2D eigenvalue weighted by Gasteiger charge is -2.22. The van der Waals surface area contributed by atoms with Gasteiger partial charge in [-0.2, -0.15) is 5.10 Å². The summed E-state index contributed by atoms with van der Waals surface area (Å²) in [5.41, 5.74) is 2.62. The van der Waals surface area contributed by atoms with E-state index in [0.717, 1.165) is 5.69 Å². The average Bonchev–Trinajstić information content (AvgIpc) is 2.69. The summed E-state index contributed by atoms with van der Waals surface area (Å²) in [6, 6.07) is 10.3. The van der Waals surface area contributed by atoms with Crippen LogP contribution < -0.4 is 0 Å². The average molecular weight is 200 g/mol. The Morgan fingerprint density at radius 1 is 1.07 bits per heavy atom. The lowest BCUT2D eigenvalue weighted by Crippen LogP contribution is -2.15. The van der Waals surface area contributed by atoms with Gasteiger partial charge in [0.2, 0.25) is 0 Å². The first-order valence-corrected chi connectivity index (χ1v) is 5.18. The minimum atomic E-state index is 0.141. The van der Waals surface area contributed by atoms with Gasteiger partial charge in [-0.05, 0) is 23.1 Å². The van der Waals surface area contributed by atoms with Crippen molar-refractivity contribution in [2.24, 2.45) is 0 Å². The van der Waals surface area contributed by atoms with E-state index < -0.39 is 0 Å². The smallest absolute Gasteiger partial charge is 0.0682 e. The van der Waals surface area contributed by atoms with E-state index in [9.17, 15) is 0 Å². The molecule has 2 rings (SSSR count). The van der Waals surface area contributed by atoms with E-state index in [-0.39, 0.29) is 5.41 Å². The topological polar surface area (TPSA) is 17.8 Å². The number of nitrogens with zero attached hydrogens (tertiary/aromatic N) is 2. The zero-order valence-corrected chi connectivity index (χ0v) is 9.44. The normalized spacial score (nSPS) is 11.7. The van der Waals surface area contributed by atoms with Gasteiger partial charge >= 0.3 is 0 Å². The van der Waals surface area contributed by atoms with Gasteiger partial charge in [0.25, 0.3) is 0 Å². The summed E-state index contributed by atoms with van der Waals surface area (Å²) in [6.45, 7) is 6.65. The van der Waals surface area contributed by atoms with E-state index in [1.807, 2.05) is 23.0 Å². The standard InChI is InChI=1S/C13H16N2/c1-13(2,3)11-7-4-5-8-12(11)15-10-6-9-14-15/h4-10H,1-3H3. The van der Waals surface area contributed by atoms with Crippen LogP contribution in [0.15, 0.2) is 42.7 Å². The van der Waals surface area contributed by atoms with Gasteiger partial charge in [-0.1, -0.05) is 39.0 Å². The molecule has 0 bridgehead atoms. The zero-order chi connectivity index (χ0) is 10.9. The Kier molecular flexibility index (Phi) is 2.35. The van der Waals surface area contributed by atoms with Crippen molar-refractivity contribution in [3.05, 3.63) is 48.3 Å². The molecule has 0 unspecified atom stereocenters. The highest BCUT2D eigenvalue weighted by atomic mass is 15.3. The number of hydrogen-bond acceptors (Lipinski definition) is 1. The van der Waals surface area contributed by atoms with Crippen LogP contribution in [0.3, 0.4) is 0 Å². The maximum atomic E-state index is 4.28. The second kappa shape index (κ2) is 3.54. The van der Waals surface area contributed by atoms with Gasteiger partial charge in [0.05, 0.1) is 5.69 Å². The van der Waals surface area contributed by atoms with Crippen molar-refractivity contribution in [3.8, 4) is 5.69 Å². The van der Waals surface area contributed by atoms with Crippen molar-refractivity contribution < 1.29 is 0 Å². The molecule has 2 heteroatoms. The summed E-state index contributed by atoms with van der Waals surface area (Å²) >= 11 is 0. The van der Waals surface area contributed by atoms with E-state index >= 15 is 0 Å². The third-order valence-corrected chi connectivity index (χ3v) is 2.46. The van der Waals surface area contributed by atoms with Gasteiger partial charge in [0.1, 0.15) is 0 Å². The van der Waals surface area contributed by atoms with Gasteiger partial charge in [0, 0.05) is 12.4 Å². The first kappa shape index (κ1) is 9.97. The summed E-state index contributed by atoms with van der Waals surface area (Å²) in [4.78, 5) is 0. The molecule has 0 aliphatic carbocycles. The van der Waals surface area contributed by atoms with Crippen molar-refractivity contribution in [3.63, 3.8) is 0 Å². The molecule has 2 aromatic rings. The summed E-state index contributed by atoms with van der Waals surface area (Å²) in [5.74, 6) is 0. The lowest BCUT2D eigenvalue weighted by molar-refractivity contribution is 0.583. The SMILES string of the molecule is CC(C)(C)c1ccccc1-n1cccn1. The van der Waals surface area contributed by atoms with Gasteiger partial charge in [-0.15, -0.1) is 0 Å². The largest absolute Gasteiger partial charge is 0.241 e. The summed E-state index contributed by atoms with van der Waals surface area (Å²) < 4.78 is 1.92. The van der Waals surface area contributed by atoms with Gasteiger partial charge in [-0.25, -0.2) is 4.68 Å². The van der Waals surface area contributed by atoms with Gasteiger partial charge in [-0.3, -0.25) is 0 Å². The Hall–Kier alpha value is -1.57. The molecule has 1 aromatic heterocycles. The van der Waals surface area contributed by atoms with Crippen molar-refractivity contribution in [1.29, 1.82) is 0 Å². The van der Waals surface area contributed by atoms with Crippen LogP contribution >= 0.6 is 0 Å². The predicted molar refractivity (Wildman–Crippen MR) is 62.3 cm³/mol. The molecule has 0 aliphatic heterocycles. The number of rotatable bonds is 1. The van der Waals surface area contributed by atoms with E-state index in [4.69, 9.17) is 0 Å². The molecule has 0 radical (unpaired) electrons. The van der Waals surface area contributed by atoms with E-state index in [0.29, 0.717) is 0 Å². The predicted octanol–water partition coefficient (Wildman–Crippen LogP) is 3.17. The Balaban J connectivity index is 2.58. The van der Waals surface area contributed by atoms with Crippen LogP contribution in [0.5, 0.6) is 0 Å². The minimum absolute atomic E-state index is 0.141. The monoisotopic (exact) mass is 200 g/mol. The first-order chi connectivity index (χ1) is 7.09. The molecular weight excluding hydrogens is 184 g/mol. The molecule has 1 aromatic carbocycles. The molecule has 0 N–H and O–H groups in total. The molecule has 2 nitrogen and oxygen atoms in total.